The number of rotatable bonds is 3. The third kappa shape index (κ3) is 5.27. The maximum absolute atomic E-state index is 11.7. The van der Waals surface area contributed by atoms with Gasteiger partial charge in [0, 0.05) is 16.2 Å². The zero-order valence-electron chi connectivity index (χ0n) is 10.6. The maximum atomic E-state index is 11.7. The first kappa shape index (κ1) is 14.6. The Balaban J connectivity index is 2.47. The van der Waals surface area contributed by atoms with Crippen LogP contribution in [0.1, 0.15) is 31.3 Å². The predicted molar refractivity (Wildman–Crippen MR) is 72.2 cm³/mol. The lowest BCUT2D eigenvalue weighted by Gasteiger charge is -2.20. The van der Waals surface area contributed by atoms with Crippen LogP contribution < -0.4 is 10.6 Å². The van der Waals surface area contributed by atoms with Crippen molar-refractivity contribution in [1.82, 2.24) is 15.6 Å². The number of aromatic nitrogens is 1. The molecular weight excluding hydrogens is 298 g/mol. The van der Waals surface area contributed by atoms with Crippen molar-refractivity contribution in [3.05, 3.63) is 28.5 Å². The molecule has 0 aliphatic heterocycles. The van der Waals surface area contributed by atoms with Gasteiger partial charge in [0.2, 0.25) is 5.91 Å². The van der Waals surface area contributed by atoms with E-state index in [4.69, 9.17) is 0 Å². The summed E-state index contributed by atoms with van der Waals surface area (Å²) in [6.45, 7) is 5.57. The molecule has 0 aromatic carbocycles. The van der Waals surface area contributed by atoms with Crippen molar-refractivity contribution >= 4 is 27.7 Å². The number of nitrogens with one attached hydrogen (secondary N) is 2. The van der Waals surface area contributed by atoms with E-state index in [2.05, 4.69) is 31.5 Å². The van der Waals surface area contributed by atoms with Crippen molar-refractivity contribution in [2.75, 3.05) is 6.54 Å². The fourth-order valence-corrected chi connectivity index (χ4v) is 1.46. The molecule has 0 unspecified atom stereocenters. The Morgan fingerprint density at radius 2 is 2.00 bits per heavy atom. The molecule has 0 aliphatic rings. The lowest BCUT2D eigenvalue weighted by molar-refractivity contribution is -0.121. The minimum absolute atomic E-state index is 0.0617. The summed E-state index contributed by atoms with van der Waals surface area (Å²) in [5, 5.41) is 5.27. The average molecular weight is 314 g/mol. The van der Waals surface area contributed by atoms with Gasteiger partial charge in [0.25, 0.3) is 5.91 Å². The summed E-state index contributed by atoms with van der Waals surface area (Å²) in [6, 6.07) is 3.30. The summed E-state index contributed by atoms with van der Waals surface area (Å²) in [6.07, 6.45) is 1.53. The number of carbonyl (C=O) groups excluding carboxylic acids is 2. The number of pyridine rings is 1. The van der Waals surface area contributed by atoms with E-state index in [0.717, 1.165) is 4.47 Å². The fourth-order valence-electron chi connectivity index (χ4n) is 1.22. The zero-order valence-corrected chi connectivity index (χ0v) is 12.2. The quantitative estimate of drug-likeness (QED) is 0.888. The molecule has 0 spiro atoms. The Kier molecular flexibility index (Phi) is 4.84. The molecule has 0 aliphatic carbocycles. The molecule has 0 bridgehead atoms. The summed E-state index contributed by atoms with van der Waals surface area (Å²) in [5.41, 5.74) is -0.0285. The van der Waals surface area contributed by atoms with Gasteiger partial charge in [0.05, 0.1) is 6.54 Å². The summed E-state index contributed by atoms with van der Waals surface area (Å²) in [5.74, 6) is -0.598. The van der Waals surface area contributed by atoms with E-state index in [1.54, 1.807) is 12.1 Å². The minimum atomic E-state index is -0.369. The predicted octanol–water partition coefficient (Wildman–Crippen LogP) is 1.49. The van der Waals surface area contributed by atoms with Crippen molar-refractivity contribution in [2.45, 2.75) is 26.3 Å². The van der Waals surface area contributed by atoms with Crippen LogP contribution in [0, 0.1) is 0 Å². The molecule has 0 fully saturated rings. The SMILES string of the molecule is CC(C)(C)NC(=O)CNC(=O)c1ccc(Br)cn1. The molecule has 1 rings (SSSR count). The number of amides is 2. The molecule has 0 saturated carbocycles. The van der Waals surface area contributed by atoms with E-state index in [1.807, 2.05) is 20.8 Å². The Hall–Kier alpha value is -1.43. The van der Waals surface area contributed by atoms with Crippen molar-refractivity contribution in [3.8, 4) is 0 Å². The number of carbonyl (C=O) groups is 2. The second-order valence-electron chi connectivity index (χ2n) is 4.84. The molecule has 0 radical (unpaired) electrons. The van der Waals surface area contributed by atoms with Crippen LogP contribution in [0.25, 0.3) is 0 Å². The zero-order chi connectivity index (χ0) is 13.8. The van der Waals surface area contributed by atoms with Gasteiger partial charge in [-0.15, -0.1) is 0 Å². The van der Waals surface area contributed by atoms with Gasteiger partial charge in [-0.25, -0.2) is 4.98 Å². The first-order valence-electron chi connectivity index (χ1n) is 5.49. The Morgan fingerprint density at radius 3 is 2.50 bits per heavy atom. The highest BCUT2D eigenvalue weighted by atomic mass is 79.9. The van der Waals surface area contributed by atoms with Crippen molar-refractivity contribution in [2.24, 2.45) is 0 Å². The molecule has 1 aromatic rings. The number of hydrogen-bond acceptors (Lipinski definition) is 3. The van der Waals surface area contributed by atoms with Crippen LogP contribution >= 0.6 is 15.9 Å². The number of halogens is 1. The highest BCUT2D eigenvalue weighted by molar-refractivity contribution is 9.10. The summed E-state index contributed by atoms with van der Waals surface area (Å²) in [7, 11) is 0. The molecule has 5 nitrogen and oxygen atoms in total. The standard InChI is InChI=1S/C12H16BrN3O2/c1-12(2,3)16-10(17)7-15-11(18)9-5-4-8(13)6-14-9/h4-6H,7H2,1-3H3,(H,15,18)(H,16,17). The van der Waals surface area contributed by atoms with E-state index in [9.17, 15) is 9.59 Å². The van der Waals surface area contributed by atoms with Crippen molar-refractivity contribution in [1.29, 1.82) is 0 Å². The van der Waals surface area contributed by atoms with Gasteiger partial charge in [-0.2, -0.15) is 0 Å². The van der Waals surface area contributed by atoms with E-state index in [1.165, 1.54) is 6.20 Å². The van der Waals surface area contributed by atoms with Gasteiger partial charge in [-0.3, -0.25) is 9.59 Å². The third-order valence-corrected chi connectivity index (χ3v) is 2.35. The van der Waals surface area contributed by atoms with Crippen LogP contribution in [0.3, 0.4) is 0 Å². The van der Waals surface area contributed by atoms with Gasteiger partial charge in [-0.05, 0) is 48.8 Å². The molecule has 98 valence electrons. The van der Waals surface area contributed by atoms with Gasteiger partial charge >= 0.3 is 0 Å². The molecule has 1 heterocycles. The van der Waals surface area contributed by atoms with Crippen molar-refractivity contribution in [3.63, 3.8) is 0 Å². The second kappa shape index (κ2) is 5.95. The minimum Gasteiger partial charge on any atom is -0.350 e. The molecule has 0 saturated heterocycles. The van der Waals surface area contributed by atoms with Gasteiger partial charge in [0.1, 0.15) is 5.69 Å². The molecular formula is C12H16BrN3O2. The fraction of sp³-hybridized carbons (Fsp3) is 0.417. The van der Waals surface area contributed by atoms with E-state index >= 15 is 0 Å². The topological polar surface area (TPSA) is 71.1 Å². The van der Waals surface area contributed by atoms with Crippen LogP contribution in [-0.2, 0) is 4.79 Å². The Bertz CT molecular complexity index is 438. The van der Waals surface area contributed by atoms with Crippen LogP contribution in [0.2, 0.25) is 0 Å². The smallest absolute Gasteiger partial charge is 0.270 e. The summed E-state index contributed by atoms with van der Waals surface area (Å²) >= 11 is 3.23. The highest BCUT2D eigenvalue weighted by Crippen LogP contribution is 2.07. The number of nitrogens with zero attached hydrogens (tertiary/aromatic N) is 1. The Labute approximate surface area is 114 Å². The summed E-state index contributed by atoms with van der Waals surface area (Å²) in [4.78, 5) is 27.1. The maximum Gasteiger partial charge on any atom is 0.270 e. The molecule has 6 heteroatoms. The molecule has 2 amide bonds. The van der Waals surface area contributed by atoms with Crippen LogP contribution in [0.15, 0.2) is 22.8 Å². The van der Waals surface area contributed by atoms with Crippen LogP contribution in [0.5, 0.6) is 0 Å². The van der Waals surface area contributed by atoms with Crippen LogP contribution in [-0.4, -0.2) is 28.9 Å². The first-order valence-corrected chi connectivity index (χ1v) is 6.28. The first-order chi connectivity index (χ1) is 8.28. The van der Waals surface area contributed by atoms with E-state index < -0.39 is 0 Å². The third-order valence-electron chi connectivity index (χ3n) is 1.88. The van der Waals surface area contributed by atoms with Gasteiger partial charge in [0.15, 0.2) is 0 Å². The lowest BCUT2D eigenvalue weighted by Crippen LogP contribution is -2.45. The molecule has 2 N–H and O–H groups in total. The average Bonchev–Trinajstić information content (AvgIpc) is 2.24. The number of hydrogen-bond donors (Lipinski definition) is 2. The molecule has 1 aromatic heterocycles. The second-order valence-corrected chi connectivity index (χ2v) is 5.76. The van der Waals surface area contributed by atoms with Crippen molar-refractivity contribution < 1.29 is 9.59 Å². The molecule has 18 heavy (non-hydrogen) atoms. The van der Waals surface area contributed by atoms with Crippen LogP contribution in [0.4, 0.5) is 0 Å². The monoisotopic (exact) mass is 313 g/mol. The molecule has 0 atom stereocenters. The van der Waals surface area contributed by atoms with Gasteiger partial charge in [-0.1, -0.05) is 0 Å². The summed E-state index contributed by atoms with van der Waals surface area (Å²) < 4.78 is 0.796. The van der Waals surface area contributed by atoms with E-state index in [0.29, 0.717) is 0 Å². The Morgan fingerprint density at radius 1 is 1.33 bits per heavy atom. The lowest BCUT2D eigenvalue weighted by atomic mass is 10.1. The normalized spacial score (nSPS) is 10.9. The van der Waals surface area contributed by atoms with Gasteiger partial charge < -0.3 is 10.6 Å². The largest absolute Gasteiger partial charge is 0.350 e. The highest BCUT2D eigenvalue weighted by Gasteiger charge is 2.14. The van der Waals surface area contributed by atoms with E-state index in [-0.39, 0.29) is 29.6 Å².